The van der Waals surface area contributed by atoms with Crippen molar-refractivity contribution in [1.29, 1.82) is 0 Å². The molecule has 0 aliphatic carbocycles. The van der Waals surface area contributed by atoms with Crippen molar-refractivity contribution >= 4 is 34.6 Å². The van der Waals surface area contributed by atoms with E-state index in [-0.39, 0.29) is 0 Å². The van der Waals surface area contributed by atoms with Crippen LogP contribution in [0.3, 0.4) is 0 Å². The van der Waals surface area contributed by atoms with Crippen molar-refractivity contribution < 1.29 is 9.32 Å². The molecule has 26 heavy (non-hydrogen) atoms. The first kappa shape index (κ1) is 19.2. The maximum atomic E-state index is 6.12. The Morgan fingerprint density at radius 3 is 2.81 bits per heavy atom. The van der Waals surface area contributed by atoms with Gasteiger partial charge in [0, 0.05) is 36.5 Å². The highest BCUT2D eigenvalue weighted by molar-refractivity contribution is 7.80. The van der Waals surface area contributed by atoms with Gasteiger partial charge >= 0.3 is 0 Å². The van der Waals surface area contributed by atoms with Gasteiger partial charge in [-0.15, -0.1) is 0 Å². The first-order valence-electron chi connectivity index (χ1n) is 9.30. The summed E-state index contributed by atoms with van der Waals surface area (Å²) in [6.07, 6.45) is 5.56. The maximum absolute atomic E-state index is 6.12. The monoisotopic (exact) mass is 392 g/mol. The molecule has 1 aromatic heterocycles. The number of anilines is 1. The minimum Gasteiger partial charge on any atom is -0.467 e. The molecule has 2 heterocycles. The van der Waals surface area contributed by atoms with E-state index in [9.17, 15) is 0 Å². The van der Waals surface area contributed by atoms with Gasteiger partial charge in [0.2, 0.25) is 0 Å². The first-order valence-corrected chi connectivity index (χ1v) is 10.1. The van der Waals surface area contributed by atoms with Crippen LogP contribution >= 0.6 is 23.8 Å². The average molecular weight is 393 g/mol. The number of halogens is 1. The van der Waals surface area contributed by atoms with E-state index in [4.69, 9.17) is 28.2 Å². The molecule has 3 rings (SSSR count). The predicted molar refractivity (Wildman–Crippen MR) is 111 cm³/mol. The molecule has 6 heteroatoms. The van der Waals surface area contributed by atoms with E-state index >= 15 is 0 Å². The van der Waals surface area contributed by atoms with Gasteiger partial charge in [0.1, 0.15) is 5.76 Å². The zero-order chi connectivity index (χ0) is 18.4. The summed E-state index contributed by atoms with van der Waals surface area (Å²) >= 11 is 11.8. The topological polar surface area (TPSA) is 32.9 Å². The van der Waals surface area contributed by atoms with E-state index in [0.29, 0.717) is 6.54 Å². The van der Waals surface area contributed by atoms with Gasteiger partial charge in [0.05, 0.1) is 32.4 Å². The molecule has 1 fully saturated rings. The van der Waals surface area contributed by atoms with Crippen LogP contribution in [0.4, 0.5) is 5.69 Å². The summed E-state index contributed by atoms with van der Waals surface area (Å²) in [7, 11) is 0. The highest BCUT2D eigenvalue weighted by Gasteiger charge is 2.17. The summed E-state index contributed by atoms with van der Waals surface area (Å²) in [5, 5.41) is 4.84. The Kier molecular flexibility index (Phi) is 6.94. The number of aryl methyl sites for hydroxylation is 1. The number of likely N-dealkylation sites (tertiary alicyclic amines) is 1. The zero-order valence-corrected chi connectivity index (χ0v) is 16.8. The van der Waals surface area contributed by atoms with Crippen LogP contribution in [-0.2, 0) is 6.54 Å². The Hall–Kier alpha value is -1.56. The van der Waals surface area contributed by atoms with E-state index in [0.717, 1.165) is 40.1 Å². The number of nitrogens with zero attached hydrogens (tertiary/aromatic N) is 1. The molecule has 0 amide bonds. The summed E-state index contributed by atoms with van der Waals surface area (Å²) in [4.78, 5) is 3.91. The summed E-state index contributed by atoms with van der Waals surface area (Å²) in [5.74, 6) is 0.926. The quantitative estimate of drug-likeness (QED) is 0.706. The van der Waals surface area contributed by atoms with E-state index in [2.05, 4.69) is 10.2 Å². The predicted octanol–water partition coefficient (Wildman–Crippen LogP) is 3.51. The zero-order valence-electron chi connectivity index (χ0n) is 15.3. The lowest BCUT2D eigenvalue weighted by atomic mass is 10.2. The molecule has 0 saturated carbocycles. The van der Waals surface area contributed by atoms with Gasteiger partial charge in [-0.05, 0) is 55.0 Å². The third kappa shape index (κ3) is 5.47. The molecule has 1 saturated heterocycles. The van der Waals surface area contributed by atoms with Crippen LogP contribution in [0.2, 0.25) is 5.02 Å². The largest absolute Gasteiger partial charge is 0.467 e. The van der Waals surface area contributed by atoms with Gasteiger partial charge < -0.3 is 19.5 Å². The molecule has 0 radical (unpaired) electrons. The van der Waals surface area contributed by atoms with E-state index in [1.807, 2.05) is 37.3 Å². The van der Waals surface area contributed by atoms with Crippen LogP contribution in [0.1, 0.15) is 30.6 Å². The van der Waals surface area contributed by atoms with Crippen LogP contribution < -0.4 is 10.2 Å². The fraction of sp³-hybridized carbons (Fsp3) is 0.450. The molecular formula is C20H27ClN3OS+. The third-order valence-corrected chi connectivity index (χ3v) is 5.68. The third-order valence-electron chi connectivity index (χ3n) is 4.89. The Morgan fingerprint density at radius 1 is 1.31 bits per heavy atom. The fourth-order valence-electron chi connectivity index (χ4n) is 3.41. The molecule has 140 valence electrons. The van der Waals surface area contributed by atoms with Gasteiger partial charge in [0.15, 0.2) is 5.11 Å². The molecule has 0 atom stereocenters. The number of benzene rings is 1. The number of nitrogens with one attached hydrogen (secondary N) is 2. The van der Waals surface area contributed by atoms with Gasteiger partial charge in [0.25, 0.3) is 0 Å². The van der Waals surface area contributed by atoms with Crippen LogP contribution in [0.5, 0.6) is 0 Å². The summed E-state index contributed by atoms with van der Waals surface area (Å²) in [5.41, 5.74) is 2.00. The minimum absolute atomic E-state index is 0.681. The van der Waals surface area contributed by atoms with Gasteiger partial charge in [-0.3, -0.25) is 0 Å². The van der Waals surface area contributed by atoms with Crippen LogP contribution in [0.15, 0.2) is 41.0 Å². The first-order chi connectivity index (χ1) is 12.6. The van der Waals surface area contributed by atoms with Crippen molar-refractivity contribution in [3.05, 3.63) is 52.9 Å². The van der Waals surface area contributed by atoms with Crippen molar-refractivity contribution in [3.8, 4) is 0 Å². The number of quaternary nitrogens is 1. The van der Waals surface area contributed by atoms with E-state index < -0.39 is 0 Å². The standard InChI is InChI=1S/C20H26ClN3OS/c1-16-14-17(7-8-19(16)21)22-20(26)24(15-18-6-4-13-25-18)12-5-11-23-9-2-3-10-23/h4,6-8,13-14H,2-3,5,9-12,15H2,1H3,(H,22,26)/p+1. The average Bonchev–Trinajstić information content (AvgIpc) is 3.31. The molecular weight excluding hydrogens is 366 g/mol. The molecule has 1 aliphatic rings. The number of thiocarbonyl (C=S) groups is 1. The SMILES string of the molecule is Cc1cc(NC(=S)N(CCC[NH+]2CCCC2)Cc2ccco2)ccc1Cl. The Morgan fingerprint density at radius 2 is 2.12 bits per heavy atom. The summed E-state index contributed by atoms with van der Waals surface area (Å²) in [6, 6.07) is 9.79. The van der Waals surface area contributed by atoms with Crippen LogP contribution in [-0.4, -0.2) is 36.2 Å². The van der Waals surface area contributed by atoms with Crippen molar-refractivity contribution in [3.63, 3.8) is 0 Å². The van der Waals surface area contributed by atoms with Crippen molar-refractivity contribution in [2.45, 2.75) is 32.7 Å². The summed E-state index contributed by atoms with van der Waals surface area (Å²) < 4.78 is 5.53. The highest BCUT2D eigenvalue weighted by Crippen LogP contribution is 2.20. The molecule has 2 aromatic rings. The van der Waals surface area contributed by atoms with Gasteiger partial charge in [-0.25, -0.2) is 0 Å². The van der Waals surface area contributed by atoms with E-state index in [1.165, 1.54) is 32.5 Å². The maximum Gasteiger partial charge on any atom is 0.173 e. The number of rotatable bonds is 7. The van der Waals surface area contributed by atoms with Crippen molar-refractivity contribution in [1.82, 2.24) is 4.90 Å². The lowest BCUT2D eigenvalue weighted by Gasteiger charge is -2.25. The van der Waals surface area contributed by atoms with Crippen molar-refractivity contribution in [2.75, 3.05) is 31.5 Å². The van der Waals surface area contributed by atoms with E-state index in [1.54, 1.807) is 11.2 Å². The smallest absolute Gasteiger partial charge is 0.173 e. The second-order valence-electron chi connectivity index (χ2n) is 6.96. The Bertz CT molecular complexity index is 714. The molecule has 1 aliphatic heterocycles. The van der Waals surface area contributed by atoms with Crippen LogP contribution in [0, 0.1) is 6.92 Å². The molecule has 2 N–H and O–H groups in total. The fourth-order valence-corrected chi connectivity index (χ4v) is 3.80. The number of hydrogen-bond donors (Lipinski definition) is 2. The Labute approximate surface area is 166 Å². The minimum atomic E-state index is 0.681. The van der Waals surface area contributed by atoms with Gasteiger partial charge in [-0.1, -0.05) is 11.6 Å². The lowest BCUT2D eigenvalue weighted by Crippen LogP contribution is -3.10. The van der Waals surface area contributed by atoms with Crippen LogP contribution in [0.25, 0.3) is 0 Å². The molecule has 0 bridgehead atoms. The van der Waals surface area contributed by atoms with Crippen molar-refractivity contribution in [2.24, 2.45) is 0 Å². The lowest BCUT2D eigenvalue weighted by molar-refractivity contribution is -0.887. The number of hydrogen-bond acceptors (Lipinski definition) is 2. The molecule has 1 aromatic carbocycles. The normalized spacial score (nSPS) is 14.5. The molecule has 4 nitrogen and oxygen atoms in total. The number of furan rings is 1. The Balaban J connectivity index is 1.60. The second-order valence-corrected chi connectivity index (χ2v) is 7.75. The molecule has 0 spiro atoms. The highest BCUT2D eigenvalue weighted by atomic mass is 35.5. The molecule has 0 unspecified atom stereocenters. The van der Waals surface area contributed by atoms with Gasteiger partial charge in [-0.2, -0.15) is 0 Å². The second kappa shape index (κ2) is 9.40. The summed E-state index contributed by atoms with van der Waals surface area (Å²) in [6.45, 7) is 7.42.